The van der Waals surface area contributed by atoms with Gasteiger partial charge in [-0.1, -0.05) is 42.5 Å². The number of anilines is 1. The fraction of sp³-hybridized carbons (Fsp3) is 0.188. The van der Waals surface area contributed by atoms with Crippen LogP contribution < -0.4 is 10.6 Å². The van der Waals surface area contributed by atoms with E-state index >= 15 is 0 Å². The van der Waals surface area contributed by atoms with E-state index in [0.29, 0.717) is 12.1 Å². The Morgan fingerprint density at radius 3 is 2.48 bits per heavy atom. The van der Waals surface area contributed by atoms with Gasteiger partial charge in [-0.25, -0.2) is 4.79 Å². The van der Waals surface area contributed by atoms with Crippen molar-refractivity contribution in [1.29, 1.82) is 0 Å². The summed E-state index contributed by atoms with van der Waals surface area (Å²) in [6.07, 6.45) is -0.103. The number of carbonyl (C=O) groups excluding carboxylic acids is 1. The molecule has 0 fully saturated rings. The smallest absolute Gasteiger partial charge is 0.319 e. The summed E-state index contributed by atoms with van der Waals surface area (Å²) >= 11 is 3.36. The van der Waals surface area contributed by atoms with Gasteiger partial charge in [-0.15, -0.1) is 0 Å². The lowest BCUT2D eigenvalue weighted by atomic mass is 10.1. The topological polar surface area (TPSA) is 61.4 Å². The first-order chi connectivity index (χ1) is 10.1. The standard InChI is InChI=1S/C16H17BrN2O2/c17-14-8-4-5-9-15(14)19-16(21)18-11-13(20)10-12-6-2-1-3-7-12/h1-9,13,20H,10-11H2,(H2,18,19,21). The van der Waals surface area contributed by atoms with Crippen LogP contribution in [-0.4, -0.2) is 23.8 Å². The molecule has 2 aromatic rings. The Kier molecular flexibility index (Phi) is 5.78. The van der Waals surface area contributed by atoms with Gasteiger partial charge in [-0.05, 0) is 33.6 Å². The molecule has 0 saturated carbocycles. The SMILES string of the molecule is O=C(NCC(O)Cc1ccccc1)Nc1ccccc1Br. The number of rotatable bonds is 5. The molecule has 1 unspecified atom stereocenters. The van der Waals surface area contributed by atoms with Crippen LogP contribution in [0.3, 0.4) is 0 Å². The monoisotopic (exact) mass is 348 g/mol. The summed E-state index contributed by atoms with van der Waals surface area (Å²) in [6.45, 7) is 0.200. The molecule has 0 heterocycles. The number of hydrogen-bond donors (Lipinski definition) is 3. The molecule has 0 radical (unpaired) electrons. The van der Waals surface area contributed by atoms with Crippen molar-refractivity contribution in [3.8, 4) is 0 Å². The van der Waals surface area contributed by atoms with Gasteiger partial charge >= 0.3 is 6.03 Å². The predicted molar refractivity (Wildman–Crippen MR) is 87.3 cm³/mol. The van der Waals surface area contributed by atoms with Crippen molar-refractivity contribution in [3.63, 3.8) is 0 Å². The lowest BCUT2D eigenvalue weighted by Gasteiger charge is -2.13. The van der Waals surface area contributed by atoms with Gasteiger partial charge in [-0.3, -0.25) is 0 Å². The maximum atomic E-state index is 11.8. The average molecular weight is 349 g/mol. The van der Waals surface area contributed by atoms with Gasteiger partial charge in [0.2, 0.25) is 0 Å². The fourth-order valence-corrected chi connectivity index (χ4v) is 2.28. The molecule has 2 amide bonds. The molecule has 2 rings (SSSR count). The highest BCUT2D eigenvalue weighted by atomic mass is 79.9. The molecule has 3 N–H and O–H groups in total. The van der Waals surface area contributed by atoms with Gasteiger partial charge in [0.05, 0.1) is 11.8 Å². The molecule has 2 aromatic carbocycles. The van der Waals surface area contributed by atoms with Gasteiger partial charge in [0, 0.05) is 17.4 Å². The number of amides is 2. The Balaban J connectivity index is 1.77. The molecule has 21 heavy (non-hydrogen) atoms. The summed E-state index contributed by atoms with van der Waals surface area (Å²) < 4.78 is 0.810. The minimum Gasteiger partial charge on any atom is -0.391 e. The normalized spacial score (nSPS) is 11.7. The van der Waals surface area contributed by atoms with Crippen molar-refractivity contribution < 1.29 is 9.90 Å². The highest BCUT2D eigenvalue weighted by Crippen LogP contribution is 2.20. The van der Waals surface area contributed by atoms with Crippen LogP contribution in [0.2, 0.25) is 0 Å². The third kappa shape index (κ3) is 5.21. The van der Waals surface area contributed by atoms with Gasteiger partial charge in [0.25, 0.3) is 0 Å². The summed E-state index contributed by atoms with van der Waals surface area (Å²) in [5.74, 6) is 0. The Bertz CT molecular complexity index is 590. The number of hydrogen-bond acceptors (Lipinski definition) is 2. The van der Waals surface area contributed by atoms with Crippen molar-refractivity contribution >= 4 is 27.6 Å². The van der Waals surface area contributed by atoms with Crippen molar-refractivity contribution in [1.82, 2.24) is 5.32 Å². The minimum absolute atomic E-state index is 0.200. The largest absolute Gasteiger partial charge is 0.391 e. The summed E-state index contributed by atoms with van der Waals surface area (Å²) in [6, 6.07) is 16.7. The molecular weight excluding hydrogens is 332 g/mol. The maximum Gasteiger partial charge on any atom is 0.319 e. The van der Waals surface area contributed by atoms with Crippen LogP contribution in [0.5, 0.6) is 0 Å². The minimum atomic E-state index is -0.614. The zero-order chi connectivity index (χ0) is 15.1. The molecule has 0 aromatic heterocycles. The fourth-order valence-electron chi connectivity index (χ4n) is 1.90. The lowest BCUT2D eigenvalue weighted by molar-refractivity contribution is 0.172. The second kappa shape index (κ2) is 7.81. The second-order valence-corrected chi connectivity index (χ2v) is 5.51. The molecule has 110 valence electrons. The van der Waals surface area contributed by atoms with E-state index in [2.05, 4.69) is 26.6 Å². The molecule has 0 aliphatic heterocycles. The van der Waals surface area contributed by atoms with Gasteiger partial charge < -0.3 is 15.7 Å². The molecular formula is C16H17BrN2O2. The van der Waals surface area contributed by atoms with E-state index in [1.165, 1.54) is 0 Å². The molecule has 0 saturated heterocycles. The van der Waals surface area contributed by atoms with Crippen LogP contribution in [0.15, 0.2) is 59.1 Å². The zero-order valence-corrected chi connectivity index (χ0v) is 13.0. The number of urea groups is 1. The number of benzene rings is 2. The molecule has 0 aliphatic carbocycles. The Morgan fingerprint density at radius 1 is 1.10 bits per heavy atom. The Labute approximate surface area is 132 Å². The summed E-state index contributed by atoms with van der Waals surface area (Å²) in [7, 11) is 0. The van der Waals surface area contributed by atoms with Crippen LogP contribution in [0.25, 0.3) is 0 Å². The third-order valence-corrected chi connectivity index (χ3v) is 3.63. The van der Waals surface area contributed by atoms with E-state index in [0.717, 1.165) is 10.0 Å². The number of nitrogens with one attached hydrogen (secondary N) is 2. The maximum absolute atomic E-state index is 11.8. The summed E-state index contributed by atoms with van der Waals surface area (Å²) in [5, 5.41) is 15.3. The van der Waals surface area contributed by atoms with Gasteiger partial charge in [0.1, 0.15) is 0 Å². The van der Waals surface area contributed by atoms with Crippen molar-refractivity contribution in [2.45, 2.75) is 12.5 Å². The molecule has 0 spiro atoms. The van der Waals surface area contributed by atoms with Crippen molar-refractivity contribution in [3.05, 3.63) is 64.6 Å². The number of carbonyl (C=O) groups is 1. The van der Waals surface area contributed by atoms with Crippen LogP contribution >= 0.6 is 15.9 Å². The summed E-state index contributed by atoms with van der Waals surface area (Å²) in [4.78, 5) is 11.8. The number of aliphatic hydroxyl groups excluding tert-OH is 1. The van der Waals surface area contributed by atoms with E-state index < -0.39 is 6.10 Å². The van der Waals surface area contributed by atoms with Crippen molar-refractivity contribution in [2.75, 3.05) is 11.9 Å². The number of halogens is 1. The number of aliphatic hydroxyl groups is 1. The third-order valence-electron chi connectivity index (χ3n) is 2.93. The number of para-hydroxylation sites is 1. The van der Waals surface area contributed by atoms with E-state index in [1.54, 1.807) is 6.07 Å². The second-order valence-electron chi connectivity index (χ2n) is 4.66. The van der Waals surface area contributed by atoms with Crippen molar-refractivity contribution in [2.24, 2.45) is 0 Å². The Morgan fingerprint density at radius 2 is 1.76 bits per heavy atom. The molecule has 1 atom stereocenters. The lowest BCUT2D eigenvalue weighted by Crippen LogP contribution is -2.36. The van der Waals surface area contributed by atoms with Gasteiger partial charge in [-0.2, -0.15) is 0 Å². The van der Waals surface area contributed by atoms with Gasteiger partial charge in [0.15, 0.2) is 0 Å². The van der Waals surface area contributed by atoms with E-state index in [-0.39, 0.29) is 12.6 Å². The molecule has 4 nitrogen and oxygen atoms in total. The first-order valence-electron chi connectivity index (χ1n) is 6.66. The Hall–Kier alpha value is -1.85. The van der Waals surface area contributed by atoms with E-state index in [4.69, 9.17) is 0 Å². The van der Waals surface area contributed by atoms with Crippen LogP contribution in [-0.2, 0) is 6.42 Å². The molecule has 0 aliphatic rings. The predicted octanol–water partition coefficient (Wildman–Crippen LogP) is 3.17. The van der Waals surface area contributed by atoms with Crippen LogP contribution in [0, 0.1) is 0 Å². The average Bonchev–Trinajstić information content (AvgIpc) is 2.49. The summed E-state index contributed by atoms with van der Waals surface area (Å²) in [5.41, 5.74) is 1.73. The van der Waals surface area contributed by atoms with E-state index in [9.17, 15) is 9.90 Å². The highest BCUT2D eigenvalue weighted by molar-refractivity contribution is 9.10. The molecule has 0 bridgehead atoms. The zero-order valence-electron chi connectivity index (χ0n) is 11.4. The van der Waals surface area contributed by atoms with Crippen LogP contribution in [0.4, 0.5) is 10.5 Å². The molecule has 5 heteroatoms. The quantitative estimate of drug-likeness (QED) is 0.777. The highest BCUT2D eigenvalue weighted by Gasteiger charge is 2.09. The van der Waals surface area contributed by atoms with Crippen LogP contribution in [0.1, 0.15) is 5.56 Å². The van der Waals surface area contributed by atoms with E-state index in [1.807, 2.05) is 48.5 Å². The first kappa shape index (κ1) is 15.5. The first-order valence-corrected chi connectivity index (χ1v) is 7.46.